The molecule has 8 heteroatoms. The third-order valence-electron chi connectivity index (χ3n) is 3.10. The summed E-state index contributed by atoms with van der Waals surface area (Å²) in [7, 11) is 0. The van der Waals surface area contributed by atoms with Crippen LogP contribution in [0.15, 0.2) is 22.8 Å². The summed E-state index contributed by atoms with van der Waals surface area (Å²) in [6.45, 7) is 7.81. The van der Waals surface area contributed by atoms with E-state index < -0.39 is 11.7 Å². The molecule has 1 atom stereocenters. The molecule has 1 heterocycles. The lowest BCUT2D eigenvalue weighted by atomic mass is 10.2. The third kappa shape index (κ3) is 7.05. The van der Waals surface area contributed by atoms with Crippen LogP contribution in [-0.4, -0.2) is 46.5 Å². The summed E-state index contributed by atoms with van der Waals surface area (Å²) in [5.41, 5.74) is 0.179. The number of halogens is 2. The summed E-state index contributed by atoms with van der Waals surface area (Å²) in [5.74, 6) is -0.354. The van der Waals surface area contributed by atoms with Crippen LogP contribution >= 0.6 is 27.5 Å². The first kappa shape index (κ1) is 20.7. The van der Waals surface area contributed by atoms with E-state index in [0.717, 1.165) is 10.2 Å². The highest BCUT2D eigenvalue weighted by Gasteiger charge is 2.22. The maximum Gasteiger partial charge on any atom is 0.407 e. The van der Waals surface area contributed by atoms with Gasteiger partial charge in [-0.3, -0.25) is 9.78 Å². The van der Waals surface area contributed by atoms with Crippen LogP contribution in [0.25, 0.3) is 0 Å². The van der Waals surface area contributed by atoms with E-state index in [2.05, 4.69) is 26.2 Å². The Balaban J connectivity index is 2.67. The molecular formula is C16H23BrClN3O3. The number of hydrogen-bond donors (Lipinski definition) is 1. The van der Waals surface area contributed by atoms with Crippen molar-refractivity contribution in [2.24, 2.45) is 0 Å². The quantitative estimate of drug-likeness (QED) is 0.715. The van der Waals surface area contributed by atoms with Crippen LogP contribution in [0.1, 0.15) is 39.4 Å². The molecule has 0 fully saturated rings. The largest absolute Gasteiger partial charge is 0.444 e. The lowest BCUT2D eigenvalue weighted by Gasteiger charge is -2.29. The van der Waals surface area contributed by atoms with Gasteiger partial charge in [0.15, 0.2) is 0 Å². The Morgan fingerprint density at radius 1 is 1.42 bits per heavy atom. The second-order valence-corrected chi connectivity index (χ2v) is 7.41. The van der Waals surface area contributed by atoms with E-state index in [1.807, 2.05) is 19.1 Å². The number of carbonyl (C=O) groups is 2. The number of rotatable bonds is 6. The molecule has 0 aliphatic heterocycles. The zero-order valence-corrected chi connectivity index (χ0v) is 16.6. The average molecular weight is 421 g/mol. The first-order valence-electron chi connectivity index (χ1n) is 7.58. The van der Waals surface area contributed by atoms with Gasteiger partial charge in [-0.1, -0.05) is 0 Å². The molecular weight excluding hydrogens is 398 g/mol. The van der Waals surface area contributed by atoms with E-state index in [0.29, 0.717) is 6.54 Å². The fraction of sp³-hybridized carbons (Fsp3) is 0.562. The van der Waals surface area contributed by atoms with Gasteiger partial charge in [0.05, 0.1) is 11.7 Å². The van der Waals surface area contributed by atoms with Gasteiger partial charge in [-0.05, 0) is 55.8 Å². The molecule has 0 spiro atoms. The Morgan fingerprint density at radius 3 is 2.58 bits per heavy atom. The maximum absolute atomic E-state index is 12.1. The number of carbonyl (C=O) groups excluding carboxylic acids is 2. The van der Waals surface area contributed by atoms with Crippen LogP contribution in [-0.2, 0) is 9.53 Å². The van der Waals surface area contributed by atoms with Crippen molar-refractivity contribution >= 4 is 39.5 Å². The summed E-state index contributed by atoms with van der Waals surface area (Å²) in [4.78, 5) is 29.7. The number of pyridine rings is 1. The maximum atomic E-state index is 12.1. The van der Waals surface area contributed by atoms with Crippen LogP contribution in [0.4, 0.5) is 4.79 Å². The molecule has 0 saturated heterocycles. The number of ether oxygens (including phenoxy) is 1. The van der Waals surface area contributed by atoms with Gasteiger partial charge in [-0.15, -0.1) is 11.6 Å². The first-order chi connectivity index (χ1) is 11.1. The molecule has 0 radical (unpaired) electrons. The fourth-order valence-electron chi connectivity index (χ4n) is 2.00. The van der Waals surface area contributed by atoms with Gasteiger partial charge in [0, 0.05) is 23.8 Å². The first-order valence-corrected chi connectivity index (χ1v) is 8.90. The third-order valence-corrected chi connectivity index (χ3v) is 3.80. The van der Waals surface area contributed by atoms with E-state index in [-0.39, 0.29) is 24.4 Å². The van der Waals surface area contributed by atoms with Gasteiger partial charge in [-0.25, -0.2) is 4.79 Å². The van der Waals surface area contributed by atoms with Crippen molar-refractivity contribution in [3.8, 4) is 0 Å². The zero-order valence-electron chi connectivity index (χ0n) is 14.3. The van der Waals surface area contributed by atoms with Crippen molar-refractivity contribution in [3.63, 3.8) is 0 Å². The second kappa shape index (κ2) is 9.22. The molecule has 6 nitrogen and oxygen atoms in total. The van der Waals surface area contributed by atoms with Crippen molar-refractivity contribution < 1.29 is 14.3 Å². The lowest BCUT2D eigenvalue weighted by Crippen LogP contribution is -2.42. The molecule has 1 aromatic heterocycles. The fourth-order valence-corrected chi connectivity index (χ4v) is 2.39. The highest BCUT2D eigenvalue weighted by Crippen LogP contribution is 2.20. The monoisotopic (exact) mass is 419 g/mol. The molecule has 0 aliphatic rings. The SMILES string of the molecule is C[C@@H](c1ccc(Br)cn1)N(CCNC(=O)OC(C)(C)C)C(=O)CCl. The summed E-state index contributed by atoms with van der Waals surface area (Å²) in [5, 5.41) is 2.64. The molecule has 1 aromatic rings. The Morgan fingerprint density at radius 2 is 2.08 bits per heavy atom. The van der Waals surface area contributed by atoms with Crippen LogP contribution in [0, 0.1) is 0 Å². The smallest absolute Gasteiger partial charge is 0.407 e. The van der Waals surface area contributed by atoms with Crippen molar-refractivity contribution in [2.45, 2.75) is 39.3 Å². The molecule has 1 N–H and O–H groups in total. The number of amides is 2. The lowest BCUT2D eigenvalue weighted by molar-refractivity contribution is -0.130. The molecule has 0 aromatic carbocycles. The summed E-state index contributed by atoms with van der Waals surface area (Å²) < 4.78 is 6.03. The van der Waals surface area contributed by atoms with Crippen LogP contribution in [0.3, 0.4) is 0 Å². The molecule has 1 rings (SSSR count). The Hall–Kier alpha value is -1.34. The molecule has 2 amide bonds. The normalized spacial score (nSPS) is 12.4. The van der Waals surface area contributed by atoms with Crippen molar-refractivity contribution in [2.75, 3.05) is 19.0 Å². The summed E-state index contributed by atoms with van der Waals surface area (Å²) in [6, 6.07) is 3.44. The highest BCUT2D eigenvalue weighted by molar-refractivity contribution is 9.10. The van der Waals surface area contributed by atoms with E-state index in [1.54, 1.807) is 31.9 Å². The zero-order chi connectivity index (χ0) is 18.3. The number of nitrogens with one attached hydrogen (secondary N) is 1. The Bertz CT molecular complexity index is 561. The minimum Gasteiger partial charge on any atom is -0.444 e. The predicted molar refractivity (Wildman–Crippen MR) is 97.0 cm³/mol. The van der Waals surface area contributed by atoms with Gasteiger partial charge in [0.1, 0.15) is 11.5 Å². The number of hydrogen-bond acceptors (Lipinski definition) is 4. The summed E-state index contributed by atoms with van der Waals surface area (Å²) in [6.07, 6.45) is 1.16. The van der Waals surface area contributed by atoms with Gasteiger partial charge in [0.25, 0.3) is 0 Å². The van der Waals surface area contributed by atoms with Crippen LogP contribution in [0.5, 0.6) is 0 Å². The van der Waals surface area contributed by atoms with Gasteiger partial charge >= 0.3 is 6.09 Å². The van der Waals surface area contributed by atoms with E-state index in [9.17, 15) is 9.59 Å². The topological polar surface area (TPSA) is 71.5 Å². The van der Waals surface area contributed by atoms with Gasteiger partial charge in [-0.2, -0.15) is 0 Å². The summed E-state index contributed by atoms with van der Waals surface area (Å²) >= 11 is 9.03. The molecule has 0 aliphatic carbocycles. The van der Waals surface area contributed by atoms with E-state index in [4.69, 9.17) is 16.3 Å². The van der Waals surface area contributed by atoms with Crippen molar-refractivity contribution in [1.82, 2.24) is 15.2 Å². The van der Waals surface area contributed by atoms with Crippen molar-refractivity contribution in [1.29, 1.82) is 0 Å². The Kier molecular flexibility index (Phi) is 7.96. The van der Waals surface area contributed by atoms with Gasteiger partial charge < -0.3 is 15.0 Å². The molecule has 24 heavy (non-hydrogen) atoms. The van der Waals surface area contributed by atoms with Gasteiger partial charge in [0.2, 0.25) is 5.91 Å². The molecule has 0 unspecified atom stereocenters. The number of nitrogens with zero attached hydrogens (tertiary/aromatic N) is 2. The standard InChI is InChI=1S/C16H23BrClN3O3/c1-11(13-6-5-12(17)10-20-13)21(14(22)9-18)8-7-19-15(23)24-16(2,3)4/h5-6,10-11H,7-9H2,1-4H3,(H,19,23)/t11-/m0/s1. The average Bonchev–Trinajstić information content (AvgIpc) is 2.49. The number of aromatic nitrogens is 1. The van der Waals surface area contributed by atoms with E-state index >= 15 is 0 Å². The van der Waals surface area contributed by atoms with Crippen LogP contribution in [0.2, 0.25) is 0 Å². The molecule has 0 saturated carbocycles. The van der Waals surface area contributed by atoms with E-state index in [1.165, 1.54) is 0 Å². The molecule has 134 valence electrons. The minimum atomic E-state index is -0.565. The Labute approximate surface area is 156 Å². The number of alkyl carbamates (subject to hydrolysis) is 1. The van der Waals surface area contributed by atoms with Crippen LogP contribution < -0.4 is 5.32 Å². The minimum absolute atomic E-state index is 0.132. The number of alkyl halides is 1. The molecule has 0 bridgehead atoms. The second-order valence-electron chi connectivity index (χ2n) is 6.23. The highest BCUT2D eigenvalue weighted by atomic mass is 79.9. The predicted octanol–water partition coefficient (Wildman–Crippen LogP) is 3.50. The van der Waals surface area contributed by atoms with Crippen molar-refractivity contribution in [3.05, 3.63) is 28.5 Å².